The number of hydrogen-bond donors (Lipinski definition) is 1. The van der Waals surface area contributed by atoms with E-state index in [9.17, 15) is 13.2 Å². The molecule has 0 spiro atoms. The lowest BCUT2D eigenvalue weighted by Crippen LogP contribution is -2.25. The summed E-state index contributed by atoms with van der Waals surface area (Å²) < 4.78 is 40.1. The third-order valence-electron chi connectivity index (χ3n) is 3.67. The summed E-state index contributed by atoms with van der Waals surface area (Å²) in [4.78, 5) is 2.20. The van der Waals surface area contributed by atoms with Crippen LogP contribution in [-0.2, 0) is 0 Å². The fourth-order valence-corrected chi connectivity index (χ4v) is 2.63. The quantitative estimate of drug-likeness (QED) is 0.922. The Hall–Kier alpha value is -1.43. The van der Waals surface area contributed by atoms with Crippen molar-refractivity contribution in [3.8, 4) is 5.75 Å². The Morgan fingerprint density at radius 1 is 1.25 bits per heavy atom. The van der Waals surface area contributed by atoms with E-state index in [4.69, 9.17) is 0 Å². The van der Waals surface area contributed by atoms with Crippen LogP contribution in [0, 0.1) is 11.8 Å². The summed E-state index contributed by atoms with van der Waals surface area (Å²) in [6, 6.07) is 6.07. The van der Waals surface area contributed by atoms with Gasteiger partial charge in [-0.05, 0) is 49.7 Å². The second-order valence-corrected chi connectivity index (χ2v) is 5.24. The Morgan fingerprint density at radius 3 is 2.45 bits per heavy atom. The zero-order chi connectivity index (χ0) is 14.8. The first-order valence-electron chi connectivity index (χ1n) is 6.64. The minimum absolute atomic E-state index is 0.180. The van der Waals surface area contributed by atoms with Gasteiger partial charge < -0.3 is 15.0 Å². The average Bonchev–Trinajstić information content (AvgIpc) is 2.70. The van der Waals surface area contributed by atoms with Gasteiger partial charge in [0.2, 0.25) is 0 Å². The molecule has 0 radical (unpaired) electrons. The number of nitrogens with zero attached hydrogens (tertiary/aromatic N) is 1. The van der Waals surface area contributed by atoms with Gasteiger partial charge in [0.1, 0.15) is 5.75 Å². The van der Waals surface area contributed by atoms with Gasteiger partial charge in [-0.3, -0.25) is 0 Å². The standard InChI is InChI=1S/C14H19F3N2O/c1-10-8-19(9-11(10)7-18-2)12-3-5-13(6-4-12)20-14(15,16)17/h3-6,10-11,18H,7-9H2,1-2H3. The van der Waals surface area contributed by atoms with Crippen molar-refractivity contribution in [1.29, 1.82) is 0 Å². The molecule has 0 bridgehead atoms. The summed E-state index contributed by atoms with van der Waals surface area (Å²) in [5.74, 6) is 0.944. The molecule has 6 heteroatoms. The molecule has 1 aromatic rings. The van der Waals surface area contributed by atoms with Crippen LogP contribution in [0.25, 0.3) is 0 Å². The van der Waals surface area contributed by atoms with Crippen molar-refractivity contribution in [1.82, 2.24) is 5.32 Å². The van der Waals surface area contributed by atoms with Crippen LogP contribution in [0.15, 0.2) is 24.3 Å². The highest BCUT2D eigenvalue weighted by molar-refractivity contribution is 5.50. The molecule has 0 amide bonds. The summed E-state index contributed by atoms with van der Waals surface area (Å²) >= 11 is 0. The lowest BCUT2D eigenvalue weighted by atomic mass is 9.98. The van der Waals surface area contributed by atoms with E-state index in [0.717, 1.165) is 25.3 Å². The molecule has 1 N–H and O–H groups in total. The second-order valence-electron chi connectivity index (χ2n) is 5.24. The van der Waals surface area contributed by atoms with Crippen molar-refractivity contribution >= 4 is 5.69 Å². The van der Waals surface area contributed by atoms with E-state index >= 15 is 0 Å². The monoisotopic (exact) mass is 288 g/mol. The van der Waals surface area contributed by atoms with Gasteiger partial charge >= 0.3 is 6.36 Å². The first kappa shape index (κ1) is 15.0. The Morgan fingerprint density at radius 2 is 1.90 bits per heavy atom. The van der Waals surface area contributed by atoms with Crippen molar-refractivity contribution in [2.45, 2.75) is 13.3 Å². The molecule has 1 aromatic carbocycles. The molecular formula is C14H19F3N2O. The summed E-state index contributed by atoms with van der Waals surface area (Å²) in [5.41, 5.74) is 0.935. The lowest BCUT2D eigenvalue weighted by Gasteiger charge is -2.19. The molecule has 1 fully saturated rings. The Kier molecular flexibility index (Phi) is 4.42. The Balaban J connectivity index is 2.00. The third kappa shape index (κ3) is 3.79. The molecule has 1 aliphatic heterocycles. The lowest BCUT2D eigenvalue weighted by molar-refractivity contribution is -0.274. The highest BCUT2D eigenvalue weighted by Gasteiger charge is 2.32. The number of hydrogen-bond acceptors (Lipinski definition) is 3. The first-order chi connectivity index (χ1) is 9.39. The van der Waals surface area contributed by atoms with Gasteiger partial charge in [0.05, 0.1) is 0 Å². The van der Waals surface area contributed by atoms with Gasteiger partial charge in [-0.1, -0.05) is 6.92 Å². The van der Waals surface area contributed by atoms with E-state index < -0.39 is 6.36 Å². The first-order valence-corrected chi connectivity index (χ1v) is 6.64. The number of ether oxygens (including phenoxy) is 1. The van der Waals surface area contributed by atoms with Crippen molar-refractivity contribution in [2.75, 3.05) is 31.6 Å². The normalized spacial score (nSPS) is 23.1. The summed E-state index contributed by atoms with van der Waals surface area (Å²) in [7, 11) is 1.93. The van der Waals surface area contributed by atoms with E-state index in [-0.39, 0.29) is 5.75 Å². The molecule has 0 aliphatic carbocycles. The highest BCUT2D eigenvalue weighted by Crippen LogP contribution is 2.30. The molecule has 2 atom stereocenters. The SMILES string of the molecule is CNCC1CN(c2ccc(OC(F)(F)F)cc2)CC1C. The van der Waals surface area contributed by atoms with Crippen LogP contribution in [0.5, 0.6) is 5.75 Å². The zero-order valence-electron chi connectivity index (χ0n) is 11.6. The number of nitrogens with one attached hydrogen (secondary N) is 1. The number of anilines is 1. The molecule has 0 aromatic heterocycles. The molecule has 20 heavy (non-hydrogen) atoms. The van der Waals surface area contributed by atoms with Crippen LogP contribution in [-0.4, -0.2) is 33.0 Å². The van der Waals surface area contributed by atoms with Crippen LogP contribution in [0.2, 0.25) is 0 Å². The maximum atomic E-state index is 12.1. The summed E-state index contributed by atoms with van der Waals surface area (Å²) in [6.45, 7) is 4.99. The Bertz CT molecular complexity index is 433. The number of alkyl halides is 3. The molecule has 1 saturated heterocycles. The van der Waals surface area contributed by atoms with Gasteiger partial charge in [-0.25, -0.2) is 0 Å². The van der Waals surface area contributed by atoms with Crippen LogP contribution in [0.1, 0.15) is 6.92 Å². The largest absolute Gasteiger partial charge is 0.573 e. The van der Waals surface area contributed by atoms with Crippen molar-refractivity contribution in [3.05, 3.63) is 24.3 Å². The molecule has 2 rings (SSSR count). The van der Waals surface area contributed by atoms with Gasteiger partial charge in [-0.2, -0.15) is 0 Å². The fourth-order valence-electron chi connectivity index (χ4n) is 2.63. The molecular weight excluding hydrogens is 269 g/mol. The smallest absolute Gasteiger partial charge is 0.406 e. The van der Waals surface area contributed by atoms with Crippen LogP contribution in [0.3, 0.4) is 0 Å². The molecule has 1 aliphatic rings. The Labute approximate surface area is 116 Å². The number of benzene rings is 1. The molecule has 112 valence electrons. The van der Waals surface area contributed by atoms with Crippen molar-refractivity contribution < 1.29 is 17.9 Å². The molecule has 0 saturated carbocycles. The maximum absolute atomic E-state index is 12.1. The minimum atomic E-state index is -4.64. The predicted octanol–water partition coefficient (Wildman–Crippen LogP) is 2.88. The van der Waals surface area contributed by atoms with Crippen molar-refractivity contribution in [3.63, 3.8) is 0 Å². The van der Waals surface area contributed by atoms with E-state index in [1.807, 2.05) is 7.05 Å². The van der Waals surface area contributed by atoms with Crippen LogP contribution < -0.4 is 15.0 Å². The number of halogens is 3. The molecule has 2 unspecified atom stereocenters. The van der Waals surface area contributed by atoms with Gasteiger partial charge in [0, 0.05) is 18.8 Å². The van der Waals surface area contributed by atoms with Gasteiger partial charge in [-0.15, -0.1) is 13.2 Å². The van der Waals surface area contributed by atoms with Crippen LogP contribution >= 0.6 is 0 Å². The fraction of sp³-hybridized carbons (Fsp3) is 0.571. The van der Waals surface area contributed by atoms with E-state index in [0.29, 0.717) is 11.8 Å². The van der Waals surface area contributed by atoms with E-state index in [1.54, 1.807) is 12.1 Å². The number of rotatable bonds is 4. The maximum Gasteiger partial charge on any atom is 0.573 e. The van der Waals surface area contributed by atoms with Gasteiger partial charge in [0.15, 0.2) is 0 Å². The molecule has 3 nitrogen and oxygen atoms in total. The third-order valence-corrected chi connectivity index (χ3v) is 3.67. The van der Waals surface area contributed by atoms with E-state index in [1.165, 1.54) is 12.1 Å². The zero-order valence-corrected chi connectivity index (χ0v) is 11.6. The molecule has 1 heterocycles. The summed E-state index contributed by atoms with van der Waals surface area (Å²) in [5, 5.41) is 3.18. The van der Waals surface area contributed by atoms with Gasteiger partial charge in [0.25, 0.3) is 0 Å². The van der Waals surface area contributed by atoms with E-state index in [2.05, 4.69) is 21.9 Å². The average molecular weight is 288 g/mol. The summed E-state index contributed by atoms with van der Waals surface area (Å²) in [6.07, 6.45) is -4.64. The highest BCUT2D eigenvalue weighted by atomic mass is 19.4. The second kappa shape index (κ2) is 5.91. The topological polar surface area (TPSA) is 24.5 Å². The van der Waals surface area contributed by atoms with Crippen LogP contribution in [0.4, 0.5) is 18.9 Å². The minimum Gasteiger partial charge on any atom is -0.406 e. The predicted molar refractivity (Wildman–Crippen MR) is 71.9 cm³/mol. The van der Waals surface area contributed by atoms with Crippen molar-refractivity contribution in [2.24, 2.45) is 11.8 Å².